The molecule has 0 unspecified atom stereocenters. The monoisotopic (exact) mass is 725 g/mol. The molecule has 57 heavy (non-hydrogen) atoms. The van der Waals surface area contributed by atoms with Gasteiger partial charge >= 0.3 is 0 Å². The van der Waals surface area contributed by atoms with Crippen LogP contribution in [0, 0.1) is 0 Å². The Morgan fingerprint density at radius 1 is 0.228 bits per heavy atom. The molecule has 12 rings (SSSR count). The highest BCUT2D eigenvalue weighted by Gasteiger charge is 2.22. The van der Waals surface area contributed by atoms with Crippen molar-refractivity contribution in [3.8, 4) is 39.3 Å². The SMILES string of the molecule is c1ccc(-c2ccc(-n3c4ccccc4c4ccc(-n5c6ccccc6c6c5ccc5c7ccccc7n(-c7ccc(-c8ccccc8)cc7)c56)cc43)cc2)cc1. The van der Waals surface area contributed by atoms with E-state index in [1.807, 2.05) is 0 Å². The molecule has 9 aromatic carbocycles. The summed E-state index contributed by atoms with van der Waals surface area (Å²) < 4.78 is 7.36. The fourth-order valence-electron chi connectivity index (χ4n) is 9.30. The lowest BCUT2D eigenvalue weighted by atomic mass is 10.1. The number of nitrogens with zero attached hydrogens (tertiary/aromatic N) is 3. The van der Waals surface area contributed by atoms with E-state index in [0.29, 0.717) is 0 Å². The highest BCUT2D eigenvalue weighted by molar-refractivity contribution is 6.26. The topological polar surface area (TPSA) is 14.8 Å². The van der Waals surface area contributed by atoms with Gasteiger partial charge in [0.15, 0.2) is 0 Å². The molecule has 0 spiro atoms. The lowest BCUT2D eigenvalue weighted by Gasteiger charge is -2.12. The molecule has 3 aromatic heterocycles. The zero-order valence-electron chi connectivity index (χ0n) is 31.0. The Kier molecular flexibility index (Phi) is 6.93. The third-order valence-electron chi connectivity index (χ3n) is 11.9. The van der Waals surface area contributed by atoms with Crippen LogP contribution < -0.4 is 0 Å². The molecule has 3 heteroatoms. The van der Waals surface area contributed by atoms with Crippen LogP contribution in [0.4, 0.5) is 0 Å². The molecule has 0 aliphatic heterocycles. The van der Waals surface area contributed by atoms with Gasteiger partial charge in [-0.3, -0.25) is 0 Å². The van der Waals surface area contributed by atoms with Crippen LogP contribution in [0.2, 0.25) is 0 Å². The molecule has 0 fully saturated rings. The summed E-state index contributed by atoms with van der Waals surface area (Å²) in [6, 6.07) is 77.4. The Morgan fingerprint density at radius 2 is 0.632 bits per heavy atom. The van der Waals surface area contributed by atoms with Gasteiger partial charge in [-0.2, -0.15) is 0 Å². The van der Waals surface area contributed by atoms with Crippen LogP contribution in [-0.2, 0) is 0 Å². The first-order valence-electron chi connectivity index (χ1n) is 19.6. The van der Waals surface area contributed by atoms with Gasteiger partial charge in [0.2, 0.25) is 0 Å². The molecule has 3 nitrogen and oxygen atoms in total. The summed E-state index contributed by atoms with van der Waals surface area (Å²) in [6.45, 7) is 0. The Balaban J connectivity index is 1.10. The zero-order valence-corrected chi connectivity index (χ0v) is 31.0. The van der Waals surface area contributed by atoms with Crippen molar-refractivity contribution in [1.29, 1.82) is 0 Å². The Labute approximate surface area is 329 Å². The molecular weight excluding hydrogens is 691 g/mol. The number of hydrogen-bond acceptors (Lipinski definition) is 0. The quantitative estimate of drug-likeness (QED) is 0.168. The van der Waals surface area contributed by atoms with Crippen molar-refractivity contribution in [2.75, 3.05) is 0 Å². The molecule has 3 heterocycles. The maximum atomic E-state index is 2.47. The molecule has 0 radical (unpaired) electrons. The average Bonchev–Trinajstić information content (AvgIpc) is 3.92. The summed E-state index contributed by atoms with van der Waals surface area (Å²) in [5, 5.41) is 7.48. The van der Waals surface area contributed by atoms with Crippen molar-refractivity contribution >= 4 is 65.4 Å². The number of hydrogen-bond donors (Lipinski definition) is 0. The van der Waals surface area contributed by atoms with Gasteiger partial charge in [-0.05, 0) is 82.9 Å². The Bertz CT molecular complexity index is 3470. The Hall–Kier alpha value is -7.62. The molecule has 0 aliphatic rings. The van der Waals surface area contributed by atoms with Crippen molar-refractivity contribution in [2.24, 2.45) is 0 Å². The van der Waals surface area contributed by atoms with Gasteiger partial charge in [0.25, 0.3) is 0 Å². The number of fused-ring (bicyclic) bond motifs is 10. The minimum atomic E-state index is 1.13. The molecule has 0 bridgehead atoms. The summed E-state index contributed by atoms with van der Waals surface area (Å²) in [4.78, 5) is 0. The average molecular weight is 726 g/mol. The van der Waals surface area contributed by atoms with E-state index < -0.39 is 0 Å². The van der Waals surface area contributed by atoms with E-state index in [4.69, 9.17) is 0 Å². The Morgan fingerprint density at radius 3 is 1.25 bits per heavy atom. The van der Waals surface area contributed by atoms with Gasteiger partial charge in [0.1, 0.15) is 0 Å². The van der Waals surface area contributed by atoms with Crippen LogP contribution in [0.3, 0.4) is 0 Å². The van der Waals surface area contributed by atoms with Crippen LogP contribution in [0.25, 0.3) is 105 Å². The second-order valence-corrected chi connectivity index (χ2v) is 14.9. The van der Waals surface area contributed by atoms with Crippen LogP contribution in [-0.4, -0.2) is 13.7 Å². The summed E-state index contributed by atoms with van der Waals surface area (Å²) in [5.41, 5.74) is 15.5. The van der Waals surface area contributed by atoms with Crippen molar-refractivity contribution in [2.45, 2.75) is 0 Å². The van der Waals surface area contributed by atoms with E-state index in [1.165, 1.54) is 87.7 Å². The number of para-hydroxylation sites is 3. The van der Waals surface area contributed by atoms with Crippen LogP contribution in [0.1, 0.15) is 0 Å². The summed E-state index contributed by atoms with van der Waals surface area (Å²) >= 11 is 0. The maximum absolute atomic E-state index is 2.47. The van der Waals surface area contributed by atoms with Gasteiger partial charge < -0.3 is 13.7 Å². The van der Waals surface area contributed by atoms with E-state index in [1.54, 1.807) is 0 Å². The van der Waals surface area contributed by atoms with Gasteiger partial charge in [-0.25, -0.2) is 0 Å². The van der Waals surface area contributed by atoms with E-state index in [-0.39, 0.29) is 0 Å². The zero-order chi connectivity index (χ0) is 37.5. The van der Waals surface area contributed by atoms with Crippen molar-refractivity contribution in [1.82, 2.24) is 13.7 Å². The molecule has 0 saturated carbocycles. The fourth-order valence-corrected chi connectivity index (χ4v) is 9.30. The second-order valence-electron chi connectivity index (χ2n) is 14.9. The highest BCUT2D eigenvalue weighted by Crippen LogP contribution is 2.43. The number of benzene rings is 9. The van der Waals surface area contributed by atoms with Crippen LogP contribution in [0.15, 0.2) is 212 Å². The van der Waals surface area contributed by atoms with Crippen molar-refractivity contribution in [3.05, 3.63) is 212 Å². The minimum Gasteiger partial charge on any atom is -0.309 e. The fraction of sp³-hybridized carbons (Fsp3) is 0. The lowest BCUT2D eigenvalue weighted by molar-refractivity contribution is 1.15. The largest absolute Gasteiger partial charge is 0.309 e. The molecule has 12 aromatic rings. The summed E-state index contributed by atoms with van der Waals surface area (Å²) in [5.74, 6) is 0. The number of rotatable bonds is 5. The summed E-state index contributed by atoms with van der Waals surface area (Å²) in [6.07, 6.45) is 0. The summed E-state index contributed by atoms with van der Waals surface area (Å²) in [7, 11) is 0. The molecule has 0 N–H and O–H groups in total. The molecule has 0 atom stereocenters. The van der Waals surface area contributed by atoms with Crippen LogP contribution in [0.5, 0.6) is 0 Å². The highest BCUT2D eigenvalue weighted by atomic mass is 15.0. The minimum absolute atomic E-state index is 1.13. The molecular formula is C54H35N3. The predicted octanol–water partition coefficient (Wildman–Crippen LogP) is 14.3. The molecule has 0 saturated heterocycles. The predicted molar refractivity (Wildman–Crippen MR) is 240 cm³/mol. The standard InChI is InChI=1S/C54H35N3/c1-3-13-36(14-4-1)38-23-27-40(28-24-38)55-48-20-10-7-17-43(48)45-32-31-42(35-52(45)55)56-50-22-12-9-19-47(50)53-51(56)34-33-46-44-18-8-11-21-49(44)57(54(46)53)41-29-25-39(26-30-41)37-15-5-2-6-16-37/h1-35H. The third kappa shape index (κ3) is 4.79. The first-order valence-corrected chi connectivity index (χ1v) is 19.6. The maximum Gasteiger partial charge on any atom is 0.0641 e. The smallest absolute Gasteiger partial charge is 0.0641 e. The van der Waals surface area contributed by atoms with Crippen molar-refractivity contribution < 1.29 is 0 Å². The van der Waals surface area contributed by atoms with E-state index in [2.05, 4.69) is 226 Å². The number of aromatic nitrogens is 3. The first kappa shape index (κ1) is 31.7. The second kappa shape index (κ2) is 12.5. The third-order valence-corrected chi connectivity index (χ3v) is 11.9. The lowest BCUT2D eigenvalue weighted by Crippen LogP contribution is -1.97. The van der Waals surface area contributed by atoms with Gasteiger partial charge in [0.05, 0.1) is 33.1 Å². The van der Waals surface area contributed by atoms with Crippen LogP contribution >= 0.6 is 0 Å². The van der Waals surface area contributed by atoms with Gasteiger partial charge in [-0.15, -0.1) is 0 Å². The first-order chi connectivity index (χ1) is 28.3. The van der Waals surface area contributed by atoms with E-state index in [0.717, 1.165) is 17.1 Å². The van der Waals surface area contributed by atoms with E-state index >= 15 is 0 Å². The normalized spacial score (nSPS) is 11.9. The molecule has 0 aliphatic carbocycles. The van der Waals surface area contributed by atoms with E-state index in [9.17, 15) is 0 Å². The van der Waals surface area contributed by atoms with Gasteiger partial charge in [-0.1, -0.05) is 152 Å². The van der Waals surface area contributed by atoms with Gasteiger partial charge in [0, 0.05) is 49.4 Å². The molecule has 0 amide bonds. The molecule has 266 valence electrons. The van der Waals surface area contributed by atoms with Crippen molar-refractivity contribution in [3.63, 3.8) is 0 Å².